The Labute approximate surface area is 212 Å². The van der Waals surface area contributed by atoms with Gasteiger partial charge in [0.2, 0.25) is 5.69 Å². The maximum Gasteiger partial charge on any atom is 0.216 e. The largest absolute Gasteiger partial charge is 0.454 e. The van der Waals surface area contributed by atoms with Crippen LogP contribution in [0, 0.1) is 18.2 Å². The zero-order valence-corrected chi connectivity index (χ0v) is 21.6. The predicted molar refractivity (Wildman–Crippen MR) is 145 cm³/mol. The number of aromatic nitrogens is 1. The van der Waals surface area contributed by atoms with Crippen LogP contribution in [-0.4, -0.2) is 0 Å². The van der Waals surface area contributed by atoms with Gasteiger partial charge >= 0.3 is 0 Å². The monoisotopic (exact) mass is 478 g/mol. The summed E-state index contributed by atoms with van der Waals surface area (Å²) < 4.78 is 23.7. The van der Waals surface area contributed by atoms with Gasteiger partial charge in [-0.2, -0.15) is 0 Å². The van der Waals surface area contributed by atoms with Crippen LogP contribution in [-0.2, 0) is 7.05 Å². The van der Waals surface area contributed by atoms with Crippen LogP contribution in [0.4, 0.5) is 4.39 Å². The number of benzene rings is 3. The number of rotatable bonds is 3. The molecule has 2 nitrogen and oxygen atoms in total. The molecular formula is C33H33FNO+. The van der Waals surface area contributed by atoms with Crippen LogP contribution in [0.15, 0.2) is 77.3 Å². The Hall–Kier alpha value is -3.46. The SMILES string of the molecule is Cc1ccc2c(oc3c(-c4ccc(C5CCC(C)(C)CC5)cc4)cc(F)cc32)c1-c1cccc[n+]1C. The van der Waals surface area contributed by atoms with Gasteiger partial charge in [-0.1, -0.05) is 50.2 Å². The van der Waals surface area contributed by atoms with E-state index in [1.54, 1.807) is 12.1 Å². The number of fused-ring (bicyclic) bond motifs is 3. The topological polar surface area (TPSA) is 17.0 Å². The van der Waals surface area contributed by atoms with Crippen LogP contribution < -0.4 is 4.57 Å². The fourth-order valence-corrected chi connectivity index (χ4v) is 5.99. The second-order valence-corrected chi connectivity index (χ2v) is 11.3. The summed E-state index contributed by atoms with van der Waals surface area (Å²) in [6.45, 7) is 6.85. The molecule has 3 aromatic carbocycles. The lowest BCUT2D eigenvalue weighted by molar-refractivity contribution is -0.660. The normalized spacial score (nSPS) is 16.1. The second-order valence-electron chi connectivity index (χ2n) is 11.3. The van der Waals surface area contributed by atoms with E-state index in [1.165, 1.54) is 31.2 Å². The molecule has 1 aliphatic rings. The molecule has 182 valence electrons. The smallest absolute Gasteiger partial charge is 0.216 e. The number of hydrogen-bond donors (Lipinski definition) is 0. The zero-order chi connectivity index (χ0) is 25.0. The van der Waals surface area contributed by atoms with Gasteiger partial charge < -0.3 is 4.42 Å². The Kier molecular flexibility index (Phi) is 5.48. The first kappa shape index (κ1) is 23.0. The highest BCUT2D eigenvalue weighted by Gasteiger charge is 2.28. The Morgan fingerprint density at radius 2 is 1.64 bits per heavy atom. The van der Waals surface area contributed by atoms with Gasteiger partial charge in [-0.3, -0.25) is 0 Å². The molecule has 36 heavy (non-hydrogen) atoms. The fraction of sp³-hybridized carbons (Fsp3) is 0.303. The van der Waals surface area contributed by atoms with E-state index in [0.29, 0.717) is 11.3 Å². The van der Waals surface area contributed by atoms with E-state index in [9.17, 15) is 4.39 Å². The number of furan rings is 1. The van der Waals surface area contributed by atoms with Crippen molar-refractivity contribution < 1.29 is 13.4 Å². The Morgan fingerprint density at radius 3 is 2.36 bits per heavy atom. The molecule has 1 aliphatic carbocycles. The maximum absolute atomic E-state index is 15.0. The van der Waals surface area contributed by atoms with E-state index in [-0.39, 0.29) is 5.82 Å². The summed E-state index contributed by atoms with van der Waals surface area (Å²) >= 11 is 0. The molecule has 0 atom stereocenters. The van der Waals surface area contributed by atoms with Crippen LogP contribution in [0.25, 0.3) is 44.3 Å². The first-order valence-corrected chi connectivity index (χ1v) is 13.0. The number of pyridine rings is 1. The third-order valence-corrected chi connectivity index (χ3v) is 8.26. The lowest BCUT2D eigenvalue weighted by Crippen LogP contribution is -2.30. The molecule has 0 bridgehead atoms. The average molecular weight is 479 g/mol. The van der Waals surface area contributed by atoms with Gasteiger partial charge in [0.05, 0.1) is 5.56 Å². The number of hydrogen-bond acceptors (Lipinski definition) is 1. The summed E-state index contributed by atoms with van der Waals surface area (Å²) in [4.78, 5) is 0. The number of halogens is 1. The van der Waals surface area contributed by atoms with Gasteiger partial charge in [0, 0.05) is 28.5 Å². The molecule has 0 saturated heterocycles. The Bertz CT molecular complexity index is 1580. The van der Waals surface area contributed by atoms with Gasteiger partial charge in [0.25, 0.3) is 0 Å². The Balaban J connectivity index is 1.47. The Morgan fingerprint density at radius 1 is 0.889 bits per heavy atom. The minimum absolute atomic E-state index is 0.244. The lowest BCUT2D eigenvalue weighted by Gasteiger charge is -2.34. The van der Waals surface area contributed by atoms with Gasteiger partial charge in [-0.05, 0) is 78.8 Å². The molecule has 0 unspecified atom stereocenters. The summed E-state index contributed by atoms with van der Waals surface area (Å²) in [6, 6.07) is 22.3. The molecule has 1 fully saturated rings. The fourth-order valence-electron chi connectivity index (χ4n) is 5.99. The summed E-state index contributed by atoms with van der Waals surface area (Å²) in [5.74, 6) is 0.370. The number of nitrogens with zero attached hydrogens (tertiary/aromatic N) is 1. The highest BCUT2D eigenvalue weighted by atomic mass is 19.1. The van der Waals surface area contributed by atoms with Crippen LogP contribution >= 0.6 is 0 Å². The van der Waals surface area contributed by atoms with Gasteiger partial charge in [-0.15, -0.1) is 0 Å². The van der Waals surface area contributed by atoms with E-state index in [1.807, 2.05) is 25.4 Å². The van der Waals surface area contributed by atoms with E-state index in [4.69, 9.17) is 4.42 Å². The minimum atomic E-state index is -0.244. The van der Waals surface area contributed by atoms with Gasteiger partial charge in [-0.25, -0.2) is 8.96 Å². The standard InChI is InChI=1S/C33H33FNO/c1-21-8-13-26-28-20-25(34)19-27(31(28)36-32(26)30(21)29-7-5-6-18-35(29)4)24-11-9-22(10-12-24)23-14-16-33(2,3)17-15-23/h5-13,18-20,23H,14-17H2,1-4H3/q+1. The summed E-state index contributed by atoms with van der Waals surface area (Å²) in [5, 5.41) is 1.76. The van der Waals surface area contributed by atoms with Crippen LogP contribution in [0.5, 0.6) is 0 Å². The van der Waals surface area contributed by atoms with Crippen molar-refractivity contribution in [3.8, 4) is 22.4 Å². The molecule has 2 aromatic heterocycles. The lowest BCUT2D eigenvalue weighted by atomic mass is 9.71. The van der Waals surface area contributed by atoms with Crippen molar-refractivity contribution in [3.63, 3.8) is 0 Å². The molecular weight excluding hydrogens is 445 g/mol. The summed E-state index contributed by atoms with van der Waals surface area (Å²) in [7, 11) is 2.04. The van der Waals surface area contributed by atoms with E-state index >= 15 is 0 Å². The molecule has 6 rings (SSSR count). The summed E-state index contributed by atoms with van der Waals surface area (Å²) in [5.41, 5.74) is 8.44. The van der Waals surface area contributed by atoms with E-state index in [0.717, 1.165) is 49.9 Å². The van der Waals surface area contributed by atoms with Crippen molar-refractivity contribution in [2.45, 2.75) is 52.4 Å². The van der Waals surface area contributed by atoms with Crippen molar-refractivity contribution in [2.24, 2.45) is 12.5 Å². The predicted octanol–water partition coefficient (Wildman–Crippen LogP) is 8.88. The van der Waals surface area contributed by atoms with Crippen molar-refractivity contribution in [1.82, 2.24) is 0 Å². The van der Waals surface area contributed by atoms with Crippen LogP contribution in [0.3, 0.4) is 0 Å². The maximum atomic E-state index is 15.0. The number of aryl methyl sites for hydroxylation is 2. The molecule has 0 spiro atoms. The highest BCUT2D eigenvalue weighted by molar-refractivity contribution is 6.13. The van der Waals surface area contributed by atoms with Crippen molar-refractivity contribution in [2.75, 3.05) is 0 Å². The van der Waals surface area contributed by atoms with Gasteiger partial charge in [0.15, 0.2) is 6.20 Å². The molecule has 0 amide bonds. The van der Waals surface area contributed by atoms with Crippen molar-refractivity contribution in [1.29, 1.82) is 0 Å². The first-order valence-electron chi connectivity index (χ1n) is 13.0. The third kappa shape index (κ3) is 3.91. The summed E-state index contributed by atoms with van der Waals surface area (Å²) in [6.07, 6.45) is 7.04. The molecule has 1 saturated carbocycles. The highest BCUT2D eigenvalue weighted by Crippen LogP contribution is 2.44. The molecule has 3 heteroatoms. The average Bonchev–Trinajstić information content (AvgIpc) is 3.23. The van der Waals surface area contributed by atoms with Crippen LogP contribution in [0.1, 0.15) is 56.6 Å². The first-order chi connectivity index (χ1) is 17.3. The minimum Gasteiger partial charge on any atom is -0.454 e. The molecule has 0 radical (unpaired) electrons. The molecule has 2 heterocycles. The quantitative estimate of drug-likeness (QED) is 0.237. The molecule has 0 N–H and O–H groups in total. The second kappa shape index (κ2) is 8.58. The molecule has 0 aliphatic heterocycles. The molecule has 5 aromatic rings. The third-order valence-electron chi connectivity index (χ3n) is 8.26. The van der Waals surface area contributed by atoms with Gasteiger partial charge in [0.1, 0.15) is 24.0 Å². The van der Waals surface area contributed by atoms with Crippen LogP contribution in [0.2, 0.25) is 0 Å². The van der Waals surface area contributed by atoms with Crippen molar-refractivity contribution in [3.05, 3.63) is 89.9 Å². The van der Waals surface area contributed by atoms with E-state index < -0.39 is 0 Å². The van der Waals surface area contributed by atoms with Crippen molar-refractivity contribution >= 4 is 21.9 Å². The van der Waals surface area contributed by atoms with E-state index in [2.05, 4.69) is 67.8 Å². The zero-order valence-electron chi connectivity index (χ0n) is 21.6.